The number of hydrogen-bond acceptors (Lipinski definition) is 4. The highest BCUT2D eigenvalue weighted by Gasteiger charge is 2.17. The summed E-state index contributed by atoms with van der Waals surface area (Å²) < 4.78 is 0. The summed E-state index contributed by atoms with van der Waals surface area (Å²) in [5.41, 5.74) is 8.48. The van der Waals surface area contributed by atoms with E-state index in [0.717, 1.165) is 31.0 Å². The van der Waals surface area contributed by atoms with Gasteiger partial charge in [0.15, 0.2) is 0 Å². The zero-order valence-corrected chi connectivity index (χ0v) is 11.1. The maximum atomic E-state index is 5.85. The van der Waals surface area contributed by atoms with Crippen LogP contribution in [-0.2, 0) is 6.42 Å². The maximum absolute atomic E-state index is 5.85. The van der Waals surface area contributed by atoms with Crippen molar-refractivity contribution in [1.29, 1.82) is 0 Å². The van der Waals surface area contributed by atoms with Crippen molar-refractivity contribution in [1.82, 2.24) is 9.97 Å². The van der Waals surface area contributed by atoms with Gasteiger partial charge in [0.2, 0.25) is 0 Å². The average molecular weight is 254 g/mol. The number of nitrogens with two attached hydrogens (primary N) is 1. The lowest BCUT2D eigenvalue weighted by Gasteiger charge is -2.24. The Hall–Kier alpha value is -2.10. The first kappa shape index (κ1) is 12.0. The molecule has 3 rings (SSSR count). The summed E-state index contributed by atoms with van der Waals surface area (Å²) in [5, 5.41) is 0. The molecule has 0 saturated carbocycles. The standard InChI is InChI=1S/C15H18N4/c1-11-17-14(16)10-15(18-11)19-9-5-4-7-12-6-2-3-8-13(12)19/h2-3,6,8,10H,4-5,7,9H2,1H3,(H2,16,17,18). The number of hydrogen-bond donors (Lipinski definition) is 1. The van der Waals surface area contributed by atoms with Crippen LogP contribution in [0, 0.1) is 6.92 Å². The third-order valence-electron chi connectivity index (χ3n) is 3.48. The predicted octanol–water partition coefficient (Wildman–Crippen LogP) is 2.84. The average Bonchev–Trinajstić information content (AvgIpc) is 2.59. The Bertz CT molecular complexity index is 574. The second-order valence-electron chi connectivity index (χ2n) is 4.94. The maximum Gasteiger partial charge on any atom is 0.138 e. The number of fused-ring (bicyclic) bond motifs is 1. The summed E-state index contributed by atoms with van der Waals surface area (Å²) in [7, 11) is 0. The molecule has 2 N–H and O–H groups in total. The van der Waals surface area contributed by atoms with Crippen LogP contribution in [0.2, 0.25) is 0 Å². The fraction of sp³-hybridized carbons (Fsp3) is 0.333. The van der Waals surface area contributed by atoms with Crippen molar-refractivity contribution >= 4 is 17.3 Å². The number of nitrogen functional groups attached to an aromatic ring is 1. The Morgan fingerprint density at radius 2 is 2.00 bits per heavy atom. The summed E-state index contributed by atoms with van der Waals surface area (Å²) in [6, 6.07) is 10.4. The van der Waals surface area contributed by atoms with E-state index in [1.807, 2.05) is 13.0 Å². The molecular weight excluding hydrogens is 236 g/mol. The van der Waals surface area contributed by atoms with Gasteiger partial charge in [0.1, 0.15) is 17.5 Å². The molecule has 1 aliphatic rings. The minimum absolute atomic E-state index is 0.532. The molecule has 0 bridgehead atoms. The molecule has 0 radical (unpaired) electrons. The Morgan fingerprint density at radius 3 is 2.84 bits per heavy atom. The number of aryl methyl sites for hydroxylation is 2. The van der Waals surface area contributed by atoms with Gasteiger partial charge in [-0.05, 0) is 37.8 Å². The smallest absolute Gasteiger partial charge is 0.138 e. The number of anilines is 3. The van der Waals surface area contributed by atoms with Crippen LogP contribution in [0.3, 0.4) is 0 Å². The number of nitrogens with zero attached hydrogens (tertiary/aromatic N) is 3. The van der Waals surface area contributed by atoms with Gasteiger partial charge in [0.05, 0.1) is 0 Å². The molecule has 0 aliphatic carbocycles. The van der Waals surface area contributed by atoms with Crippen molar-refractivity contribution in [2.75, 3.05) is 17.2 Å². The largest absolute Gasteiger partial charge is 0.384 e. The second kappa shape index (κ2) is 4.88. The SMILES string of the molecule is Cc1nc(N)cc(N2CCCCc3ccccc32)n1. The number of aromatic nitrogens is 2. The van der Waals surface area contributed by atoms with Crippen molar-refractivity contribution in [3.63, 3.8) is 0 Å². The lowest BCUT2D eigenvalue weighted by atomic mass is 10.1. The number of benzene rings is 1. The summed E-state index contributed by atoms with van der Waals surface area (Å²) in [6.07, 6.45) is 3.51. The van der Waals surface area contributed by atoms with Crippen LogP contribution in [0.4, 0.5) is 17.3 Å². The van der Waals surface area contributed by atoms with E-state index in [2.05, 4.69) is 39.1 Å². The summed E-state index contributed by atoms with van der Waals surface area (Å²) >= 11 is 0. The highest BCUT2D eigenvalue weighted by molar-refractivity contribution is 5.65. The molecule has 0 saturated heterocycles. The molecule has 0 fully saturated rings. The van der Waals surface area contributed by atoms with Crippen molar-refractivity contribution in [2.24, 2.45) is 0 Å². The molecule has 0 spiro atoms. The van der Waals surface area contributed by atoms with Crippen molar-refractivity contribution in [3.8, 4) is 0 Å². The molecule has 98 valence electrons. The fourth-order valence-electron chi connectivity index (χ4n) is 2.64. The van der Waals surface area contributed by atoms with Gasteiger partial charge in [0, 0.05) is 18.3 Å². The normalized spacial score (nSPS) is 14.9. The van der Waals surface area contributed by atoms with E-state index in [9.17, 15) is 0 Å². The summed E-state index contributed by atoms with van der Waals surface area (Å²) in [5.74, 6) is 2.15. The van der Waals surface area contributed by atoms with Crippen LogP contribution in [0.25, 0.3) is 0 Å². The Balaban J connectivity index is 2.09. The molecule has 1 aromatic heterocycles. The van der Waals surface area contributed by atoms with Crippen LogP contribution in [-0.4, -0.2) is 16.5 Å². The third kappa shape index (κ3) is 2.38. The van der Waals surface area contributed by atoms with E-state index in [-0.39, 0.29) is 0 Å². The third-order valence-corrected chi connectivity index (χ3v) is 3.48. The van der Waals surface area contributed by atoms with Crippen LogP contribution in [0.15, 0.2) is 30.3 Å². The quantitative estimate of drug-likeness (QED) is 0.850. The molecule has 1 aliphatic heterocycles. The van der Waals surface area contributed by atoms with Gasteiger partial charge in [0.25, 0.3) is 0 Å². The first-order valence-electron chi connectivity index (χ1n) is 6.70. The lowest BCUT2D eigenvalue weighted by molar-refractivity contribution is 0.756. The second-order valence-corrected chi connectivity index (χ2v) is 4.94. The molecule has 19 heavy (non-hydrogen) atoms. The fourth-order valence-corrected chi connectivity index (χ4v) is 2.64. The molecule has 0 atom stereocenters. The predicted molar refractivity (Wildman–Crippen MR) is 77.6 cm³/mol. The van der Waals surface area contributed by atoms with E-state index >= 15 is 0 Å². The topological polar surface area (TPSA) is 55.0 Å². The molecule has 2 heterocycles. The molecule has 4 heteroatoms. The van der Waals surface area contributed by atoms with Gasteiger partial charge < -0.3 is 10.6 Å². The molecular formula is C15H18N4. The van der Waals surface area contributed by atoms with Gasteiger partial charge in [-0.15, -0.1) is 0 Å². The molecule has 4 nitrogen and oxygen atoms in total. The highest BCUT2D eigenvalue weighted by Crippen LogP contribution is 2.31. The van der Waals surface area contributed by atoms with Crippen LogP contribution >= 0.6 is 0 Å². The van der Waals surface area contributed by atoms with E-state index in [1.165, 1.54) is 17.7 Å². The van der Waals surface area contributed by atoms with Gasteiger partial charge in [-0.1, -0.05) is 18.2 Å². The lowest BCUT2D eigenvalue weighted by Crippen LogP contribution is -2.20. The molecule has 1 aromatic carbocycles. The molecule has 0 unspecified atom stereocenters. The van der Waals surface area contributed by atoms with Crippen molar-refractivity contribution in [2.45, 2.75) is 26.2 Å². The van der Waals surface area contributed by atoms with Gasteiger partial charge in [-0.3, -0.25) is 0 Å². The minimum atomic E-state index is 0.532. The number of para-hydroxylation sites is 1. The number of rotatable bonds is 1. The van der Waals surface area contributed by atoms with Crippen LogP contribution in [0.1, 0.15) is 24.2 Å². The Kier molecular flexibility index (Phi) is 3.07. The first-order chi connectivity index (χ1) is 9.24. The zero-order chi connectivity index (χ0) is 13.2. The van der Waals surface area contributed by atoms with E-state index < -0.39 is 0 Å². The zero-order valence-electron chi connectivity index (χ0n) is 11.1. The van der Waals surface area contributed by atoms with Crippen molar-refractivity contribution < 1.29 is 0 Å². The van der Waals surface area contributed by atoms with Crippen molar-refractivity contribution in [3.05, 3.63) is 41.7 Å². The summed E-state index contributed by atoms with van der Waals surface area (Å²) in [6.45, 7) is 2.86. The Labute approximate surface area is 113 Å². The minimum Gasteiger partial charge on any atom is -0.384 e. The monoisotopic (exact) mass is 254 g/mol. The first-order valence-corrected chi connectivity index (χ1v) is 6.70. The Morgan fingerprint density at radius 1 is 1.16 bits per heavy atom. The van der Waals surface area contributed by atoms with Crippen LogP contribution < -0.4 is 10.6 Å². The van der Waals surface area contributed by atoms with E-state index in [1.54, 1.807) is 0 Å². The van der Waals surface area contributed by atoms with Gasteiger partial charge in [-0.25, -0.2) is 9.97 Å². The van der Waals surface area contributed by atoms with E-state index in [4.69, 9.17) is 5.73 Å². The van der Waals surface area contributed by atoms with E-state index in [0.29, 0.717) is 5.82 Å². The van der Waals surface area contributed by atoms with Gasteiger partial charge >= 0.3 is 0 Å². The highest BCUT2D eigenvalue weighted by atomic mass is 15.2. The molecule has 2 aromatic rings. The molecule has 0 amide bonds. The van der Waals surface area contributed by atoms with Gasteiger partial charge in [-0.2, -0.15) is 0 Å². The summed E-state index contributed by atoms with van der Waals surface area (Å²) in [4.78, 5) is 10.9. The van der Waals surface area contributed by atoms with Crippen LogP contribution in [0.5, 0.6) is 0 Å².